The zero-order valence-electron chi connectivity index (χ0n) is 17.0. The number of aromatic hydroxyl groups is 1. The molecule has 2 aromatic heterocycles. The minimum absolute atomic E-state index is 0.114. The minimum Gasteiger partial charge on any atom is -0.505 e. The topological polar surface area (TPSA) is 55.2 Å². The van der Waals surface area contributed by atoms with Gasteiger partial charge in [-0.1, -0.05) is 62.8 Å². The molecule has 0 amide bonds. The Hall–Kier alpha value is -3.14. The molecule has 0 aliphatic rings. The molecule has 1 aromatic carbocycles. The molecule has 0 saturated carbocycles. The summed E-state index contributed by atoms with van der Waals surface area (Å²) in [7, 11) is 1.56. The van der Waals surface area contributed by atoms with Gasteiger partial charge < -0.3 is 9.84 Å². The van der Waals surface area contributed by atoms with E-state index < -0.39 is 0 Å². The van der Waals surface area contributed by atoms with Crippen LogP contribution in [0.3, 0.4) is 0 Å². The summed E-state index contributed by atoms with van der Waals surface area (Å²) in [5.41, 5.74) is 4.84. The lowest BCUT2D eigenvalue weighted by Crippen LogP contribution is -2.14. The van der Waals surface area contributed by atoms with Crippen LogP contribution < -0.4 is 4.74 Å². The smallest absolute Gasteiger partial charge is 0.222 e. The van der Waals surface area contributed by atoms with Crippen LogP contribution in [0.25, 0.3) is 23.4 Å². The summed E-state index contributed by atoms with van der Waals surface area (Å²) in [6, 6.07) is 13.8. The van der Waals surface area contributed by atoms with Crippen LogP contribution in [-0.4, -0.2) is 22.2 Å². The van der Waals surface area contributed by atoms with Crippen LogP contribution in [0.5, 0.6) is 11.6 Å². The predicted molar refractivity (Wildman–Crippen MR) is 114 cm³/mol. The molecular weight excluding hydrogens is 348 g/mol. The molecule has 0 aliphatic heterocycles. The number of benzene rings is 1. The first kappa shape index (κ1) is 19.6. The molecule has 0 fully saturated rings. The van der Waals surface area contributed by atoms with Crippen molar-refractivity contribution >= 4 is 12.2 Å². The van der Waals surface area contributed by atoms with Gasteiger partial charge >= 0.3 is 0 Å². The van der Waals surface area contributed by atoms with E-state index in [-0.39, 0.29) is 11.2 Å². The monoisotopic (exact) mass is 374 g/mol. The zero-order chi connectivity index (χ0) is 20.3. The normalized spacial score (nSPS) is 11.8. The van der Waals surface area contributed by atoms with Gasteiger partial charge in [-0.05, 0) is 30.7 Å². The summed E-state index contributed by atoms with van der Waals surface area (Å²) in [5, 5.41) is 11.0. The molecule has 0 atom stereocenters. The molecule has 0 radical (unpaired) electrons. The molecular formula is C24H26N2O2. The Morgan fingerprint density at radius 1 is 1.04 bits per heavy atom. The Kier molecular flexibility index (Phi) is 5.50. The number of ether oxygens (including phenoxy) is 1. The van der Waals surface area contributed by atoms with E-state index in [0.717, 1.165) is 11.3 Å². The summed E-state index contributed by atoms with van der Waals surface area (Å²) >= 11 is 0. The van der Waals surface area contributed by atoms with Gasteiger partial charge in [-0.15, -0.1) is 0 Å². The van der Waals surface area contributed by atoms with Crippen molar-refractivity contribution in [2.24, 2.45) is 0 Å². The van der Waals surface area contributed by atoms with E-state index in [9.17, 15) is 5.11 Å². The Morgan fingerprint density at radius 3 is 2.39 bits per heavy atom. The van der Waals surface area contributed by atoms with Gasteiger partial charge in [-0.2, -0.15) is 0 Å². The van der Waals surface area contributed by atoms with Gasteiger partial charge in [-0.25, -0.2) is 9.97 Å². The van der Waals surface area contributed by atoms with E-state index in [1.807, 2.05) is 30.4 Å². The highest BCUT2D eigenvalue weighted by Crippen LogP contribution is 2.38. The fourth-order valence-electron chi connectivity index (χ4n) is 2.85. The second-order valence-electron chi connectivity index (χ2n) is 7.85. The van der Waals surface area contributed by atoms with E-state index in [0.29, 0.717) is 22.7 Å². The first-order valence-corrected chi connectivity index (χ1v) is 9.28. The van der Waals surface area contributed by atoms with E-state index in [1.165, 1.54) is 5.56 Å². The summed E-state index contributed by atoms with van der Waals surface area (Å²) in [5.74, 6) is 0.549. The summed E-state index contributed by atoms with van der Waals surface area (Å²) in [4.78, 5) is 8.99. The Balaban J connectivity index is 2.15. The third-order valence-corrected chi connectivity index (χ3v) is 4.54. The highest BCUT2D eigenvalue weighted by Gasteiger charge is 2.22. The molecule has 4 nitrogen and oxygen atoms in total. The average Bonchev–Trinajstić information content (AvgIpc) is 2.67. The quantitative estimate of drug-likeness (QED) is 0.642. The van der Waals surface area contributed by atoms with Crippen LogP contribution >= 0.6 is 0 Å². The molecule has 144 valence electrons. The number of methoxy groups -OCH3 is 1. The third kappa shape index (κ3) is 4.22. The fraction of sp³-hybridized carbons (Fsp3) is 0.250. The largest absolute Gasteiger partial charge is 0.505 e. The number of rotatable bonds is 4. The zero-order valence-corrected chi connectivity index (χ0v) is 17.0. The van der Waals surface area contributed by atoms with Crippen LogP contribution in [0.4, 0.5) is 0 Å². The molecule has 0 saturated heterocycles. The molecule has 0 aliphatic carbocycles. The average molecular weight is 374 g/mol. The maximum Gasteiger partial charge on any atom is 0.222 e. The number of nitrogens with zero attached hydrogens (tertiary/aromatic N) is 2. The highest BCUT2D eigenvalue weighted by atomic mass is 16.5. The van der Waals surface area contributed by atoms with Crippen molar-refractivity contribution in [3.63, 3.8) is 0 Å². The van der Waals surface area contributed by atoms with Gasteiger partial charge in [0.2, 0.25) is 5.88 Å². The Labute approximate surface area is 166 Å². The lowest BCUT2D eigenvalue weighted by molar-refractivity contribution is 0.398. The van der Waals surface area contributed by atoms with Gasteiger partial charge in [0.15, 0.2) is 0 Å². The first-order chi connectivity index (χ1) is 13.3. The first-order valence-electron chi connectivity index (χ1n) is 9.28. The van der Waals surface area contributed by atoms with Crippen molar-refractivity contribution in [3.05, 3.63) is 71.0 Å². The van der Waals surface area contributed by atoms with E-state index in [2.05, 4.69) is 56.9 Å². The molecule has 0 bridgehead atoms. The van der Waals surface area contributed by atoms with Crippen LogP contribution in [0.1, 0.15) is 43.2 Å². The lowest BCUT2D eigenvalue weighted by Gasteiger charge is -2.21. The Bertz CT molecular complexity index is 1000. The van der Waals surface area contributed by atoms with Gasteiger partial charge in [-0.3, -0.25) is 0 Å². The van der Waals surface area contributed by atoms with Crippen LogP contribution in [-0.2, 0) is 5.41 Å². The van der Waals surface area contributed by atoms with Crippen molar-refractivity contribution in [2.45, 2.75) is 33.1 Å². The van der Waals surface area contributed by atoms with Crippen molar-refractivity contribution in [3.8, 4) is 22.9 Å². The molecule has 3 rings (SSSR count). The van der Waals surface area contributed by atoms with Gasteiger partial charge in [0.05, 0.1) is 12.7 Å². The molecule has 2 heterocycles. The maximum absolute atomic E-state index is 11.0. The summed E-state index contributed by atoms with van der Waals surface area (Å²) in [6.45, 7) is 8.36. The molecule has 4 heteroatoms. The van der Waals surface area contributed by atoms with Gasteiger partial charge in [0.25, 0.3) is 0 Å². The highest BCUT2D eigenvalue weighted by molar-refractivity contribution is 5.80. The molecule has 1 N–H and O–H groups in total. The van der Waals surface area contributed by atoms with E-state index >= 15 is 0 Å². The van der Waals surface area contributed by atoms with Gasteiger partial charge in [0.1, 0.15) is 11.4 Å². The maximum atomic E-state index is 11.0. The predicted octanol–water partition coefficient (Wildman–Crippen LogP) is 5.63. The van der Waals surface area contributed by atoms with E-state index in [1.54, 1.807) is 13.3 Å². The van der Waals surface area contributed by atoms with Crippen LogP contribution in [0.2, 0.25) is 0 Å². The molecule has 3 aromatic rings. The number of pyridine rings is 2. The lowest BCUT2D eigenvalue weighted by atomic mass is 9.89. The van der Waals surface area contributed by atoms with Gasteiger partial charge in [0, 0.05) is 22.9 Å². The summed E-state index contributed by atoms with van der Waals surface area (Å²) in [6.07, 6.45) is 5.57. The number of aryl methyl sites for hydroxylation is 1. The molecule has 0 unspecified atom stereocenters. The third-order valence-electron chi connectivity index (χ3n) is 4.54. The van der Waals surface area contributed by atoms with Crippen LogP contribution in [0.15, 0.2) is 48.7 Å². The molecule has 28 heavy (non-hydrogen) atoms. The Morgan fingerprint density at radius 2 is 1.75 bits per heavy atom. The van der Waals surface area contributed by atoms with E-state index in [4.69, 9.17) is 9.72 Å². The second-order valence-corrected chi connectivity index (χ2v) is 7.85. The van der Waals surface area contributed by atoms with Crippen molar-refractivity contribution in [2.75, 3.05) is 7.11 Å². The standard InChI is InChI=1S/C24H26N2O2/c1-16-8-10-17(11-9-16)12-13-18-15-20(24(2,3)4)26-21(22(18)27)19-7-6-14-25-23(19)28-5/h6-15,27H,1-5H3/b13-12+. The summed E-state index contributed by atoms with van der Waals surface area (Å²) < 4.78 is 5.38. The van der Waals surface area contributed by atoms with Crippen molar-refractivity contribution in [1.82, 2.24) is 9.97 Å². The van der Waals surface area contributed by atoms with Crippen molar-refractivity contribution < 1.29 is 9.84 Å². The number of aromatic nitrogens is 2. The number of hydrogen-bond donors (Lipinski definition) is 1. The van der Waals surface area contributed by atoms with Crippen LogP contribution in [0, 0.1) is 6.92 Å². The number of hydrogen-bond acceptors (Lipinski definition) is 4. The molecule has 0 spiro atoms. The fourth-order valence-corrected chi connectivity index (χ4v) is 2.85. The minimum atomic E-state index is -0.176. The SMILES string of the molecule is COc1ncccc1-c1nc(C(C)(C)C)cc(/C=C/c2ccc(C)cc2)c1O. The van der Waals surface area contributed by atoms with Crippen molar-refractivity contribution in [1.29, 1.82) is 0 Å². The second kappa shape index (κ2) is 7.85.